The van der Waals surface area contributed by atoms with Gasteiger partial charge in [0.05, 0.1) is 18.7 Å². The minimum Gasteiger partial charge on any atom is -0.496 e. The van der Waals surface area contributed by atoms with Gasteiger partial charge in [0.15, 0.2) is 5.54 Å². The molecule has 1 aromatic carbocycles. The number of rotatable bonds is 3. The number of carbonyl (C=O) groups is 1. The summed E-state index contributed by atoms with van der Waals surface area (Å²) in [6.45, 7) is 0. The molecule has 0 aromatic heterocycles. The number of methoxy groups -OCH3 is 1. The van der Waals surface area contributed by atoms with E-state index in [4.69, 9.17) is 10.00 Å². The van der Waals surface area contributed by atoms with Gasteiger partial charge in [0.2, 0.25) is 0 Å². The molecule has 2 heterocycles. The van der Waals surface area contributed by atoms with E-state index in [1.165, 1.54) is 7.11 Å². The van der Waals surface area contributed by atoms with Crippen molar-refractivity contribution in [1.29, 1.82) is 5.26 Å². The van der Waals surface area contributed by atoms with Crippen LogP contribution in [0.1, 0.15) is 24.0 Å². The van der Waals surface area contributed by atoms with Crippen molar-refractivity contribution < 1.29 is 14.6 Å². The molecule has 5 nitrogen and oxygen atoms in total. The molecular formula is C17H14N2O3. The van der Waals surface area contributed by atoms with Gasteiger partial charge in [-0.15, -0.1) is 5.73 Å². The summed E-state index contributed by atoms with van der Waals surface area (Å²) in [6.07, 6.45) is 6.40. The maximum absolute atomic E-state index is 12.2. The second kappa shape index (κ2) is 5.10. The van der Waals surface area contributed by atoms with Gasteiger partial charge in [-0.05, 0) is 37.1 Å². The quantitative estimate of drug-likeness (QED) is 0.867. The highest BCUT2D eigenvalue weighted by Crippen LogP contribution is 2.48. The average molecular weight is 294 g/mol. The van der Waals surface area contributed by atoms with E-state index in [-0.39, 0.29) is 0 Å². The number of nitrogens with zero attached hydrogens (tertiary/aromatic N) is 2. The maximum Gasteiger partial charge on any atom is 0.334 e. The van der Waals surface area contributed by atoms with Crippen LogP contribution in [0.15, 0.2) is 48.0 Å². The van der Waals surface area contributed by atoms with E-state index in [0.29, 0.717) is 29.7 Å². The zero-order valence-electron chi connectivity index (χ0n) is 12.0. The van der Waals surface area contributed by atoms with Crippen molar-refractivity contribution >= 4 is 5.97 Å². The Morgan fingerprint density at radius 3 is 3.05 bits per heavy atom. The van der Waals surface area contributed by atoms with Crippen LogP contribution in [0.2, 0.25) is 0 Å². The Balaban J connectivity index is 2.23. The van der Waals surface area contributed by atoms with Crippen molar-refractivity contribution in [2.75, 3.05) is 7.11 Å². The van der Waals surface area contributed by atoms with Crippen molar-refractivity contribution in [2.45, 2.75) is 18.4 Å². The molecule has 1 fully saturated rings. The van der Waals surface area contributed by atoms with Crippen LogP contribution in [0, 0.1) is 11.3 Å². The summed E-state index contributed by atoms with van der Waals surface area (Å²) in [6, 6.07) is 6.90. The number of hydrogen-bond donors (Lipinski definition) is 1. The van der Waals surface area contributed by atoms with Gasteiger partial charge >= 0.3 is 5.97 Å². The Bertz CT molecular complexity index is 782. The van der Waals surface area contributed by atoms with E-state index < -0.39 is 11.5 Å². The monoisotopic (exact) mass is 294 g/mol. The fourth-order valence-electron chi connectivity index (χ4n) is 3.11. The number of ether oxygens (including phenoxy) is 1. The van der Waals surface area contributed by atoms with Gasteiger partial charge in [0.25, 0.3) is 0 Å². The molecule has 0 saturated carbocycles. The van der Waals surface area contributed by atoms with Crippen LogP contribution in [0.4, 0.5) is 0 Å². The third-order valence-corrected chi connectivity index (χ3v) is 4.17. The summed E-state index contributed by atoms with van der Waals surface area (Å²) < 4.78 is 5.35. The van der Waals surface area contributed by atoms with Crippen molar-refractivity contribution in [3.05, 3.63) is 59.1 Å². The van der Waals surface area contributed by atoms with Crippen LogP contribution in [-0.4, -0.2) is 23.1 Å². The zero-order chi connectivity index (χ0) is 15.7. The normalized spacial score (nSPS) is 22.0. The largest absolute Gasteiger partial charge is 0.496 e. The zero-order valence-corrected chi connectivity index (χ0v) is 12.0. The first-order valence-corrected chi connectivity index (χ1v) is 6.86. The van der Waals surface area contributed by atoms with Gasteiger partial charge in [-0.1, -0.05) is 6.07 Å². The maximum atomic E-state index is 12.2. The predicted molar refractivity (Wildman–Crippen MR) is 78.8 cm³/mol. The van der Waals surface area contributed by atoms with Gasteiger partial charge in [0, 0.05) is 17.5 Å². The van der Waals surface area contributed by atoms with Gasteiger partial charge in [-0.3, -0.25) is 0 Å². The predicted octanol–water partition coefficient (Wildman–Crippen LogP) is 2.51. The first-order chi connectivity index (χ1) is 10.6. The van der Waals surface area contributed by atoms with Crippen molar-refractivity contribution in [3.8, 4) is 11.8 Å². The molecule has 110 valence electrons. The van der Waals surface area contributed by atoms with Crippen molar-refractivity contribution in [2.24, 2.45) is 0 Å². The smallest absolute Gasteiger partial charge is 0.334 e. The summed E-state index contributed by atoms with van der Waals surface area (Å²) in [5.41, 5.74) is 3.63. The number of hydrogen-bond acceptors (Lipinski definition) is 4. The topological polar surface area (TPSA) is 73.6 Å². The van der Waals surface area contributed by atoms with Gasteiger partial charge < -0.3 is 14.7 Å². The second-order valence-electron chi connectivity index (χ2n) is 5.18. The highest BCUT2D eigenvalue weighted by atomic mass is 16.5. The van der Waals surface area contributed by atoms with Gasteiger partial charge in [-0.2, -0.15) is 5.26 Å². The van der Waals surface area contributed by atoms with E-state index >= 15 is 0 Å². The van der Waals surface area contributed by atoms with Gasteiger partial charge in [0.1, 0.15) is 5.75 Å². The molecular weight excluding hydrogens is 280 g/mol. The lowest BCUT2D eigenvalue weighted by Crippen LogP contribution is -2.45. The number of fused-ring (bicyclic) bond motifs is 1. The number of benzene rings is 1. The van der Waals surface area contributed by atoms with Crippen molar-refractivity contribution in [1.82, 2.24) is 4.90 Å². The van der Waals surface area contributed by atoms with Crippen LogP contribution in [0.5, 0.6) is 5.75 Å². The molecule has 2 aliphatic rings. The molecule has 0 bridgehead atoms. The summed E-state index contributed by atoms with van der Waals surface area (Å²) in [5.74, 6) is -0.537. The van der Waals surface area contributed by atoms with Crippen LogP contribution >= 0.6 is 0 Å². The fraction of sp³-hybridized carbons (Fsp3) is 0.235. The Morgan fingerprint density at radius 1 is 1.55 bits per heavy atom. The first kappa shape index (κ1) is 14.0. The SMILES string of the molecule is COc1cc(C#N)ccc1C1(C(=O)O)CCC2=CC=C=CN21. The molecule has 1 aromatic rings. The van der Waals surface area contributed by atoms with Crippen LogP contribution in [0.25, 0.3) is 0 Å². The van der Waals surface area contributed by atoms with Gasteiger partial charge in [-0.25, -0.2) is 4.79 Å². The van der Waals surface area contributed by atoms with E-state index in [0.717, 1.165) is 5.70 Å². The molecule has 1 N–H and O–H groups in total. The van der Waals surface area contributed by atoms with E-state index in [9.17, 15) is 9.90 Å². The number of aliphatic carboxylic acids is 1. The van der Waals surface area contributed by atoms with E-state index in [1.807, 2.05) is 12.1 Å². The van der Waals surface area contributed by atoms with Crippen molar-refractivity contribution in [3.63, 3.8) is 0 Å². The molecule has 22 heavy (non-hydrogen) atoms. The molecule has 2 aliphatic heterocycles. The highest BCUT2D eigenvalue weighted by molar-refractivity contribution is 5.83. The first-order valence-electron chi connectivity index (χ1n) is 6.86. The summed E-state index contributed by atoms with van der Waals surface area (Å²) in [5, 5.41) is 19.0. The lowest BCUT2D eigenvalue weighted by molar-refractivity contribution is -0.148. The second-order valence-corrected chi connectivity index (χ2v) is 5.18. The number of carboxylic acids is 1. The summed E-state index contributed by atoms with van der Waals surface area (Å²) in [7, 11) is 1.48. The minimum atomic E-state index is -1.23. The highest BCUT2D eigenvalue weighted by Gasteiger charge is 2.52. The number of allylic oxidation sites excluding steroid dienone is 3. The molecule has 0 aliphatic carbocycles. The standard InChI is InChI=1S/C17H14N2O3/c1-22-15-10-12(11-18)5-6-14(15)17(16(20)21)8-7-13-4-2-3-9-19(13)17/h2,4-6,9-10H,7-8H2,1H3,(H,20,21). The number of carboxylic acid groups (broad SMARTS) is 1. The number of nitriles is 1. The summed E-state index contributed by atoms with van der Waals surface area (Å²) in [4.78, 5) is 13.9. The average Bonchev–Trinajstić information content (AvgIpc) is 2.95. The lowest BCUT2D eigenvalue weighted by atomic mass is 9.86. The lowest BCUT2D eigenvalue weighted by Gasteiger charge is -2.35. The Kier molecular flexibility index (Phi) is 3.25. The van der Waals surface area contributed by atoms with E-state index in [1.54, 1.807) is 35.4 Å². The minimum absolute atomic E-state index is 0.408. The van der Waals surface area contributed by atoms with E-state index in [2.05, 4.69) is 5.73 Å². The molecule has 3 rings (SSSR count). The molecule has 1 unspecified atom stereocenters. The van der Waals surface area contributed by atoms with Crippen LogP contribution < -0.4 is 4.74 Å². The third kappa shape index (κ3) is 1.82. The molecule has 0 amide bonds. The fourth-order valence-corrected chi connectivity index (χ4v) is 3.11. The van der Waals surface area contributed by atoms with Crippen LogP contribution in [0.3, 0.4) is 0 Å². The molecule has 0 radical (unpaired) electrons. The third-order valence-electron chi connectivity index (χ3n) is 4.17. The Labute approximate surface area is 128 Å². The molecule has 0 spiro atoms. The Morgan fingerprint density at radius 2 is 2.36 bits per heavy atom. The molecule has 5 heteroatoms. The molecule has 1 atom stereocenters. The molecule has 1 saturated heterocycles. The Hall–Kier alpha value is -2.96. The summed E-state index contributed by atoms with van der Waals surface area (Å²) >= 11 is 0. The van der Waals surface area contributed by atoms with Crippen LogP contribution in [-0.2, 0) is 10.3 Å².